The molecule has 0 aliphatic carbocycles. The van der Waals surface area contributed by atoms with Gasteiger partial charge in [0, 0.05) is 54.2 Å². The zero-order valence-corrected chi connectivity index (χ0v) is 27.0. The van der Waals surface area contributed by atoms with Crippen molar-refractivity contribution in [1.29, 1.82) is 10.5 Å². The second-order valence-electron chi connectivity index (χ2n) is 10.0. The van der Waals surface area contributed by atoms with E-state index in [9.17, 15) is 14.8 Å². The number of hydrogen-bond acceptors (Lipinski definition) is 11. The minimum Gasteiger partial charge on any atom is -0.506 e. The second kappa shape index (κ2) is 18.8. The van der Waals surface area contributed by atoms with Crippen molar-refractivity contribution in [2.24, 2.45) is 10.2 Å². The molecule has 0 saturated heterocycles. The lowest BCUT2D eigenvalue weighted by atomic mass is 10.1. The fraction of sp³-hybridized carbons (Fsp3) is 0.206. The van der Waals surface area contributed by atoms with Crippen molar-refractivity contribution in [3.05, 3.63) is 125 Å². The molecule has 0 spiro atoms. The molecule has 3 rings (SSSR count). The third-order valence-corrected chi connectivity index (χ3v) is 7.76. The molecule has 0 fully saturated rings. The van der Waals surface area contributed by atoms with Gasteiger partial charge in [0.25, 0.3) is 0 Å². The van der Waals surface area contributed by atoms with E-state index >= 15 is 0 Å². The Morgan fingerprint density at radius 3 is 2.00 bits per heavy atom. The minimum atomic E-state index is -1.02. The highest BCUT2D eigenvalue weighted by Gasteiger charge is 2.16. The predicted octanol–water partition coefficient (Wildman–Crippen LogP) is 7.08. The molecule has 1 amide bonds. The van der Waals surface area contributed by atoms with Gasteiger partial charge in [0.05, 0.1) is 11.4 Å². The number of aromatic nitrogens is 1. The van der Waals surface area contributed by atoms with Crippen LogP contribution in [0.1, 0.15) is 29.4 Å². The maximum Gasteiger partial charge on any atom is 0.334 e. The van der Waals surface area contributed by atoms with E-state index in [0.29, 0.717) is 50.7 Å². The van der Waals surface area contributed by atoms with Crippen LogP contribution in [0, 0.1) is 26.2 Å². The Hall–Kier alpha value is -4.85. The first-order valence-corrected chi connectivity index (χ1v) is 15.7. The van der Waals surface area contributed by atoms with Gasteiger partial charge in [-0.2, -0.15) is 10.5 Å². The summed E-state index contributed by atoms with van der Waals surface area (Å²) < 4.78 is 0. The summed E-state index contributed by atoms with van der Waals surface area (Å²) in [5, 5.41) is 34.5. The van der Waals surface area contributed by atoms with E-state index in [-0.39, 0.29) is 11.5 Å². The summed E-state index contributed by atoms with van der Waals surface area (Å²) in [5.74, 6) is -1.13. The van der Waals surface area contributed by atoms with E-state index in [1.165, 1.54) is 0 Å². The lowest BCUT2D eigenvalue weighted by Crippen LogP contribution is -2.37. The standard InChI is InChI=1S/C34H33N7O3S2/c1-4-6-29(37-25(2)34(43)39-44)21-40(19-27-9-13-31(14-10-27)45-23-35)17-18-41(20-28-11-15-32(16-12-28)46-24-36)22-30-7-5-8-33(38-30)26(3)42/h4-16,42H,2-3,17-22H2,1H3/b6-4-,37-29?. The molecule has 46 heavy (non-hydrogen) atoms. The Bertz CT molecular complexity index is 1670. The molecular weight excluding hydrogens is 619 g/mol. The van der Waals surface area contributed by atoms with Crippen LogP contribution in [-0.4, -0.2) is 51.1 Å². The Morgan fingerprint density at radius 2 is 1.48 bits per heavy atom. The minimum absolute atomic E-state index is 0.106. The number of aliphatic hydroxyl groups is 1. The number of carbonyl (C=O) groups is 1. The summed E-state index contributed by atoms with van der Waals surface area (Å²) in [6.45, 7) is 12.1. The Morgan fingerprint density at radius 1 is 0.913 bits per heavy atom. The highest BCUT2D eigenvalue weighted by Crippen LogP contribution is 2.20. The highest BCUT2D eigenvalue weighted by atomic mass is 32.2. The van der Waals surface area contributed by atoms with Crippen LogP contribution < -0.4 is 0 Å². The van der Waals surface area contributed by atoms with Crippen LogP contribution in [0.5, 0.6) is 0 Å². The molecule has 3 aromatic rings. The van der Waals surface area contributed by atoms with E-state index in [2.05, 4.69) is 48.9 Å². The normalized spacial score (nSPS) is 11.4. The lowest BCUT2D eigenvalue weighted by Gasteiger charge is -2.28. The third kappa shape index (κ3) is 11.9. The van der Waals surface area contributed by atoms with Crippen LogP contribution in [0.4, 0.5) is 0 Å². The van der Waals surface area contributed by atoms with Gasteiger partial charge >= 0.3 is 5.91 Å². The molecule has 1 heterocycles. The van der Waals surface area contributed by atoms with Crippen LogP contribution in [0.2, 0.25) is 0 Å². The first-order valence-electron chi connectivity index (χ1n) is 14.1. The Kier molecular flexibility index (Phi) is 14.6. The van der Waals surface area contributed by atoms with Crippen molar-refractivity contribution in [3.8, 4) is 10.8 Å². The molecule has 0 aliphatic heterocycles. The summed E-state index contributed by atoms with van der Waals surface area (Å²) in [7, 11) is 0. The quantitative estimate of drug-likeness (QED) is 0.0401. The monoisotopic (exact) mass is 651 g/mol. The first kappa shape index (κ1) is 35.6. The van der Waals surface area contributed by atoms with Crippen molar-refractivity contribution < 1.29 is 9.90 Å². The van der Waals surface area contributed by atoms with Gasteiger partial charge < -0.3 is 5.11 Å². The molecule has 1 N–H and O–H groups in total. The van der Waals surface area contributed by atoms with Crippen LogP contribution >= 0.6 is 23.5 Å². The molecule has 0 aliphatic rings. The van der Waals surface area contributed by atoms with E-state index < -0.39 is 5.91 Å². The number of nitroso groups, excluding NO2 is 1. The van der Waals surface area contributed by atoms with E-state index in [1.54, 1.807) is 18.2 Å². The van der Waals surface area contributed by atoms with Gasteiger partial charge in [0.2, 0.25) is 0 Å². The molecule has 0 bridgehead atoms. The number of thiocyanates is 2. The zero-order chi connectivity index (χ0) is 33.3. The van der Waals surface area contributed by atoms with Crippen LogP contribution in [0.25, 0.3) is 5.76 Å². The summed E-state index contributed by atoms with van der Waals surface area (Å²) in [6.07, 6.45) is 3.56. The van der Waals surface area contributed by atoms with Gasteiger partial charge in [-0.3, -0.25) is 14.6 Å². The lowest BCUT2D eigenvalue weighted by molar-refractivity contribution is -0.114. The average Bonchev–Trinajstić information content (AvgIpc) is 3.05. The van der Waals surface area contributed by atoms with Gasteiger partial charge in [-0.15, -0.1) is 4.91 Å². The number of nitrogens with zero attached hydrogens (tertiary/aromatic N) is 7. The third-order valence-electron chi connectivity index (χ3n) is 6.56. The maximum atomic E-state index is 11.8. The summed E-state index contributed by atoms with van der Waals surface area (Å²) in [4.78, 5) is 37.5. The molecule has 1 aromatic heterocycles. The predicted molar refractivity (Wildman–Crippen MR) is 183 cm³/mol. The van der Waals surface area contributed by atoms with Crippen molar-refractivity contribution >= 4 is 40.9 Å². The zero-order valence-electron chi connectivity index (χ0n) is 25.4. The van der Waals surface area contributed by atoms with E-state index in [4.69, 9.17) is 10.5 Å². The topological polar surface area (TPSA) is 146 Å². The number of rotatable bonds is 17. The molecule has 0 radical (unpaired) electrons. The molecule has 10 nitrogen and oxygen atoms in total. The number of hydrogen-bond donors (Lipinski definition) is 1. The number of amides is 1. The number of carbonyl (C=O) groups excluding carboxylic acids is 1. The SMILES string of the molecule is C=C(N=C(/C=C\C)CN(CCN(Cc1ccc(SC#N)cc1)Cc1cccc(C(=C)O)n1)Cc1ccc(SC#N)cc1)C(=O)N=O. The molecule has 0 saturated carbocycles. The Labute approximate surface area is 277 Å². The number of pyridine rings is 1. The number of thioether (sulfide) groups is 2. The van der Waals surface area contributed by atoms with Crippen molar-refractivity contribution in [2.75, 3.05) is 19.6 Å². The number of aliphatic hydroxyl groups excluding tert-OH is 1. The largest absolute Gasteiger partial charge is 0.506 e. The van der Waals surface area contributed by atoms with Gasteiger partial charge in [-0.25, -0.2) is 9.98 Å². The highest BCUT2D eigenvalue weighted by molar-refractivity contribution is 8.04. The molecule has 0 unspecified atom stereocenters. The van der Waals surface area contributed by atoms with Gasteiger partial charge in [0.15, 0.2) is 0 Å². The van der Waals surface area contributed by atoms with Crippen LogP contribution in [0.15, 0.2) is 118 Å². The molecule has 234 valence electrons. The number of allylic oxidation sites excluding steroid dienone is 1. The maximum absolute atomic E-state index is 11.8. The molecule has 2 aromatic carbocycles. The summed E-state index contributed by atoms with van der Waals surface area (Å²) in [5.41, 5.74) is 3.52. The van der Waals surface area contributed by atoms with Gasteiger partial charge in [0.1, 0.15) is 28.0 Å². The fourth-order valence-corrected chi connectivity index (χ4v) is 5.19. The van der Waals surface area contributed by atoms with Crippen LogP contribution in [-0.2, 0) is 24.4 Å². The molecule has 0 atom stereocenters. The van der Waals surface area contributed by atoms with Crippen molar-refractivity contribution in [3.63, 3.8) is 0 Å². The van der Waals surface area contributed by atoms with E-state index in [1.807, 2.05) is 67.6 Å². The first-order chi connectivity index (χ1) is 22.2. The summed E-state index contributed by atoms with van der Waals surface area (Å²) >= 11 is 2.19. The number of benzene rings is 2. The van der Waals surface area contributed by atoms with E-state index in [0.717, 1.165) is 50.1 Å². The molecule has 12 heteroatoms. The van der Waals surface area contributed by atoms with Crippen LogP contribution in [0.3, 0.4) is 0 Å². The summed E-state index contributed by atoms with van der Waals surface area (Å²) in [6, 6.07) is 21.0. The second-order valence-corrected chi connectivity index (χ2v) is 11.7. The molecular formula is C34H33N7O3S2. The van der Waals surface area contributed by atoms with Crippen molar-refractivity contribution in [1.82, 2.24) is 14.8 Å². The fourth-order valence-electron chi connectivity index (χ4n) is 4.44. The van der Waals surface area contributed by atoms with Crippen molar-refractivity contribution in [2.45, 2.75) is 36.3 Å². The smallest absolute Gasteiger partial charge is 0.334 e. The number of nitriles is 2. The number of aliphatic imine (C=N–C) groups is 1. The average molecular weight is 652 g/mol. The van der Waals surface area contributed by atoms with Gasteiger partial charge in [-0.1, -0.05) is 49.6 Å². The Balaban J connectivity index is 1.91. The van der Waals surface area contributed by atoms with Gasteiger partial charge in [-0.05, 0) is 84.0 Å².